The van der Waals surface area contributed by atoms with E-state index in [4.69, 9.17) is 28.4 Å². The van der Waals surface area contributed by atoms with Crippen LogP contribution in [0.2, 0.25) is 0 Å². The van der Waals surface area contributed by atoms with Gasteiger partial charge in [0.05, 0.1) is 52.7 Å². The fraction of sp³-hybridized carbons (Fsp3) is 0.895. The van der Waals surface area contributed by atoms with Gasteiger partial charge in [0.1, 0.15) is 17.8 Å². The summed E-state index contributed by atoms with van der Waals surface area (Å²) in [5, 5.41) is 0. The SMILES string of the molecule is CC(C)(C)OC(=O)CCOCCOCCOCCOCC(=O)OC(C)(C)C. The summed E-state index contributed by atoms with van der Waals surface area (Å²) in [6, 6.07) is 0. The van der Waals surface area contributed by atoms with Gasteiger partial charge in [-0.05, 0) is 41.5 Å². The molecule has 0 heterocycles. The molecule has 0 aromatic rings. The molecule has 0 saturated carbocycles. The van der Waals surface area contributed by atoms with E-state index in [0.29, 0.717) is 46.2 Å². The van der Waals surface area contributed by atoms with Crippen molar-refractivity contribution in [3.8, 4) is 0 Å². The van der Waals surface area contributed by atoms with Crippen molar-refractivity contribution in [1.29, 1.82) is 0 Å². The maximum absolute atomic E-state index is 11.5. The largest absolute Gasteiger partial charge is 0.460 e. The monoisotopic (exact) mass is 392 g/mol. The van der Waals surface area contributed by atoms with E-state index in [1.165, 1.54) is 0 Å². The molecule has 0 aliphatic carbocycles. The van der Waals surface area contributed by atoms with Gasteiger partial charge in [-0.2, -0.15) is 0 Å². The second-order valence-corrected chi connectivity index (χ2v) is 7.81. The first-order valence-electron chi connectivity index (χ1n) is 9.24. The van der Waals surface area contributed by atoms with Gasteiger partial charge in [0.25, 0.3) is 0 Å². The second kappa shape index (κ2) is 13.9. The van der Waals surface area contributed by atoms with Crippen LogP contribution in [0.25, 0.3) is 0 Å². The summed E-state index contributed by atoms with van der Waals surface area (Å²) in [6.45, 7) is 13.5. The minimum absolute atomic E-state index is 0.0856. The lowest BCUT2D eigenvalue weighted by Gasteiger charge is -2.19. The molecule has 27 heavy (non-hydrogen) atoms. The van der Waals surface area contributed by atoms with E-state index >= 15 is 0 Å². The molecule has 0 amide bonds. The van der Waals surface area contributed by atoms with Crippen LogP contribution in [0.4, 0.5) is 0 Å². The number of ether oxygens (including phenoxy) is 6. The first kappa shape index (κ1) is 25.8. The van der Waals surface area contributed by atoms with Crippen molar-refractivity contribution in [2.24, 2.45) is 0 Å². The van der Waals surface area contributed by atoms with E-state index in [2.05, 4.69) is 0 Å². The van der Waals surface area contributed by atoms with E-state index in [0.717, 1.165) is 0 Å². The highest BCUT2D eigenvalue weighted by Gasteiger charge is 2.16. The van der Waals surface area contributed by atoms with Crippen molar-refractivity contribution >= 4 is 11.9 Å². The van der Waals surface area contributed by atoms with Crippen LogP contribution in [0.15, 0.2) is 0 Å². The van der Waals surface area contributed by atoms with Crippen molar-refractivity contribution in [3.05, 3.63) is 0 Å². The van der Waals surface area contributed by atoms with Crippen molar-refractivity contribution in [1.82, 2.24) is 0 Å². The minimum atomic E-state index is -0.506. The fourth-order valence-electron chi connectivity index (χ4n) is 1.73. The molecule has 0 spiro atoms. The molecule has 0 atom stereocenters. The van der Waals surface area contributed by atoms with Gasteiger partial charge < -0.3 is 28.4 Å². The van der Waals surface area contributed by atoms with E-state index < -0.39 is 17.2 Å². The Morgan fingerprint density at radius 3 is 1.37 bits per heavy atom. The van der Waals surface area contributed by atoms with Gasteiger partial charge in [-0.3, -0.25) is 4.79 Å². The highest BCUT2D eigenvalue weighted by atomic mass is 16.6. The average Bonchev–Trinajstić information content (AvgIpc) is 2.48. The second-order valence-electron chi connectivity index (χ2n) is 7.81. The Labute approximate surface area is 162 Å². The summed E-state index contributed by atoms with van der Waals surface area (Å²) in [4.78, 5) is 22.8. The Morgan fingerprint density at radius 2 is 0.926 bits per heavy atom. The number of hydrogen-bond acceptors (Lipinski definition) is 8. The van der Waals surface area contributed by atoms with Crippen LogP contribution >= 0.6 is 0 Å². The molecule has 0 aromatic carbocycles. The standard InChI is InChI=1S/C19H36O8/c1-18(2,3)26-16(20)7-8-22-9-10-23-11-12-24-13-14-25-15-17(21)27-19(4,5)6/h7-15H2,1-6H3. The predicted octanol–water partition coefficient (Wildman–Crippen LogP) is 2.13. The van der Waals surface area contributed by atoms with Crippen molar-refractivity contribution in [3.63, 3.8) is 0 Å². The van der Waals surface area contributed by atoms with Crippen LogP contribution in [-0.2, 0) is 38.0 Å². The Bertz CT molecular complexity index is 371. The Kier molecular flexibility index (Phi) is 13.2. The Morgan fingerprint density at radius 1 is 0.556 bits per heavy atom. The Hall–Kier alpha value is -1.22. The highest BCUT2D eigenvalue weighted by molar-refractivity contribution is 5.71. The number of carbonyl (C=O) groups is 2. The summed E-state index contributed by atoms with van der Waals surface area (Å²) < 4.78 is 31.4. The first-order chi connectivity index (χ1) is 12.5. The van der Waals surface area contributed by atoms with Gasteiger partial charge in [-0.1, -0.05) is 0 Å². The zero-order valence-corrected chi connectivity index (χ0v) is 17.6. The molecule has 160 valence electrons. The molecule has 0 aliphatic rings. The maximum atomic E-state index is 11.5. The summed E-state index contributed by atoms with van der Waals surface area (Å²) in [7, 11) is 0. The van der Waals surface area contributed by atoms with Crippen LogP contribution in [0.3, 0.4) is 0 Å². The fourth-order valence-corrected chi connectivity index (χ4v) is 1.73. The number of carbonyl (C=O) groups excluding carboxylic acids is 2. The third-order valence-corrected chi connectivity index (χ3v) is 2.63. The molecule has 0 N–H and O–H groups in total. The zero-order valence-electron chi connectivity index (χ0n) is 17.6. The summed E-state index contributed by atoms with van der Waals surface area (Å²) >= 11 is 0. The topological polar surface area (TPSA) is 89.5 Å². The molecule has 8 heteroatoms. The molecule has 0 aromatic heterocycles. The molecule has 0 bridgehead atoms. The molecular weight excluding hydrogens is 356 g/mol. The van der Waals surface area contributed by atoms with Crippen molar-refractivity contribution < 1.29 is 38.0 Å². The molecule has 0 saturated heterocycles. The molecule has 0 aliphatic heterocycles. The van der Waals surface area contributed by atoms with Crippen molar-refractivity contribution in [2.45, 2.75) is 59.2 Å². The molecule has 8 nitrogen and oxygen atoms in total. The molecular formula is C19H36O8. The third kappa shape index (κ3) is 20.9. The Balaban J connectivity index is 3.30. The van der Waals surface area contributed by atoms with Gasteiger partial charge in [0.2, 0.25) is 0 Å². The minimum Gasteiger partial charge on any atom is -0.460 e. The quantitative estimate of drug-likeness (QED) is 0.328. The lowest BCUT2D eigenvalue weighted by Crippen LogP contribution is -2.27. The van der Waals surface area contributed by atoms with E-state index in [1.54, 1.807) is 20.8 Å². The summed E-state index contributed by atoms with van der Waals surface area (Å²) in [5.74, 6) is -0.664. The van der Waals surface area contributed by atoms with Crippen LogP contribution in [0, 0.1) is 0 Å². The lowest BCUT2D eigenvalue weighted by atomic mass is 10.2. The van der Waals surface area contributed by atoms with E-state index in [1.807, 2.05) is 20.8 Å². The molecule has 0 unspecified atom stereocenters. The van der Waals surface area contributed by atoms with Crippen LogP contribution in [0.5, 0.6) is 0 Å². The highest BCUT2D eigenvalue weighted by Crippen LogP contribution is 2.08. The van der Waals surface area contributed by atoms with Gasteiger partial charge in [-0.25, -0.2) is 4.79 Å². The maximum Gasteiger partial charge on any atom is 0.332 e. The predicted molar refractivity (Wildman–Crippen MR) is 99.6 cm³/mol. The average molecular weight is 392 g/mol. The molecule has 0 radical (unpaired) electrons. The smallest absolute Gasteiger partial charge is 0.332 e. The van der Waals surface area contributed by atoms with Gasteiger partial charge in [-0.15, -0.1) is 0 Å². The third-order valence-electron chi connectivity index (χ3n) is 2.63. The molecule has 0 fully saturated rings. The lowest BCUT2D eigenvalue weighted by molar-refractivity contribution is -0.160. The summed E-state index contributed by atoms with van der Waals surface area (Å²) in [6.07, 6.45) is 0.226. The van der Waals surface area contributed by atoms with E-state index in [9.17, 15) is 9.59 Å². The number of esters is 2. The van der Waals surface area contributed by atoms with Gasteiger partial charge >= 0.3 is 11.9 Å². The van der Waals surface area contributed by atoms with Crippen LogP contribution in [-0.4, -0.2) is 76.0 Å². The van der Waals surface area contributed by atoms with Crippen molar-refractivity contribution in [2.75, 3.05) is 52.9 Å². The zero-order chi connectivity index (χ0) is 20.8. The number of rotatable bonds is 14. The van der Waals surface area contributed by atoms with E-state index in [-0.39, 0.29) is 19.0 Å². The number of hydrogen-bond donors (Lipinski definition) is 0. The van der Waals surface area contributed by atoms with Crippen LogP contribution < -0.4 is 0 Å². The van der Waals surface area contributed by atoms with Crippen LogP contribution in [0.1, 0.15) is 48.0 Å². The summed E-state index contributed by atoms with van der Waals surface area (Å²) in [5.41, 5.74) is -0.977. The normalized spacial score (nSPS) is 12.1. The van der Waals surface area contributed by atoms with Gasteiger partial charge in [0.15, 0.2) is 0 Å². The molecule has 0 rings (SSSR count). The first-order valence-corrected chi connectivity index (χ1v) is 9.24. The van der Waals surface area contributed by atoms with Gasteiger partial charge in [0, 0.05) is 0 Å².